The van der Waals surface area contributed by atoms with Gasteiger partial charge in [0.2, 0.25) is 0 Å². The van der Waals surface area contributed by atoms with Gasteiger partial charge in [-0.15, -0.1) is 24.8 Å². The van der Waals surface area contributed by atoms with Crippen molar-refractivity contribution in [3.8, 4) is 0 Å². The van der Waals surface area contributed by atoms with Crippen LogP contribution in [0.1, 0.15) is 19.2 Å². The molecule has 0 radical (unpaired) electrons. The number of nitrogens with zero attached hydrogens (tertiary/aromatic N) is 2. The second-order valence-electron chi connectivity index (χ2n) is 3.37. The van der Waals surface area contributed by atoms with Gasteiger partial charge in [-0.1, -0.05) is 19.1 Å². The molecule has 3 nitrogen and oxygen atoms in total. The Balaban J connectivity index is 0.00000112. The smallest absolute Gasteiger partial charge is 0.123 e. The van der Waals surface area contributed by atoms with Gasteiger partial charge in [-0.3, -0.25) is 0 Å². The molecule has 0 saturated carbocycles. The Morgan fingerprint density at radius 1 is 1.25 bits per heavy atom. The van der Waals surface area contributed by atoms with E-state index in [2.05, 4.69) is 22.5 Å². The van der Waals surface area contributed by atoms with Gasteiger partial charge in [-0.05, 0) is 18.6 Å². The topological polar surface area (TPSA) is 43.8 Å². The highest BCUT2D eigenvalue weighted by atomic mass is 35.5. The summed E-state index contributed by atoms with van der Waals surface area (Å²) in [6.45, 7) is 3.66. The van der Waals surface area contributed by atoms with E-state index in [1.165, 1.54) is 5.52 Å². The van der Waals surface area contributed by atoms with Crippen molar-refractivity contribution in [3.63, 3.8) is 0 Å². The van der Waals surface area contributed by atoms with Crippen molar-refractivity contribution >= 4 is 35.8 Å². The summed E-state index contributed by atoms with van der Waals surface area (Å²) < 4.78 is 2.20. The van der Waals surface area contributed by atoms with Crippen molar-refractivity contribution in [1.82, 2.24) is 9.55 Å². The molecule has 0 fully saturated rings. The average Bonchev–Trinajstić information content (AvgIpc) is 2.58. The number of rotatable bonds is 3. The van der Waals surface area contributed by atoms with Crippen LogP contribution >= 0.6 is 24.8 Å². The van der Waals surface area contributed by atoms with Crippen molar-refractivity contribution in [2.24, 2.45) is 5.73 Å². The van der Waals surface area contributed by atoms with Crippen LogP contribution in [-0.4, -0.2) is 9.55 Å². The van der Waals surface area contributed by atoms with Crippen LogP contribution in [0.5, 0.6) is 0 Å². The summed E-state index contributed by atoms with van der Waals surface area (Å²) in [4.78, 5) is 4.49. The van der Waals surface area contributed by atoms with Gasteiger partial charge in [0.1, 0.15) is 5.82 Å². The molecule has 16 heavy (non-hydrogen) atoms. The summed E-state index contributed by atoms with van der Waals surface area (Å²) in [7, 11) is 0. The number of hydrogen-bond donors (Lipinski definition) is 1. The molecule has 90 valence electrons. The Morgan fingerprint density at radius 2 is 1.94 bits per heavy atom. The zero-order valence-electron chi connectivity index (χ0n) is 9.22. The minimum Gasteiger partial charge on any atom is -0.327 e. The van der Waals surface area contributed by atoms with E-state index in [9.17, 15) is 0 Å². The molecule has 1 aromatic heterocycles. The Kier molecular flexibility index (Phi) is 6.41. The van der Waals surface area contributed by atoms with Crippen molar-refractivity contribution in [2.75, 3.05) is 0 Å². The van der Waals surface area contributed by atoms with E-state index in [4.69, 9.17) is 5.73 Å². The number of nitrogens with two attached hydrogens (primary N) is 1. The molecule has 0 bridgehead atoms. The first-order chi connectivity index (χ1) is 6.86. The molecule has 2 aromatic rings. The Bertz CT molecular complexity index is 440. The van der Waals surface area contributed by atoms with Crippen LogP contribution in [-0.2, 0) is 13.1 Å². The second-order valence-corrected chi connectivity index (χ2v) is 3.37. The van der Waals surface area contributed by atoms with Crippen molar-refractivity contribution in [1.29, 1.82) is 0 Å². The van der Waals surface area contributed by atoms with Crippen LogP contribution in [0.3, 0.4) is 0 Å². The lowest BCUT2D eigenvalue weighted by atomic mass is 10.3. The minimum atomic E-state index is 0. The molecule has 1 aromatic carbocycles. The molecule has 0 saturated heterocycles. The third kappa shape index (κ3) is 2.67. The zero-order valence-corrected chi connectivity index (χ0v) is 10.9. The van der Waals surface area contributed by atoms with E-state index in [-0.39, 0.29) is 24.8 Å². The summed E-state index contributed by atoms with van der Waals surface area (Å²) >= 11 is 0. The molecule has 0 aliphatic heterocycles. The lowest BCUT2D eigenvalue weighted by Gasteiger charge is -2.04. The van der Waals surface area contributed by atoms with Crippen LogP contribution < -0.4 is 5.73 Å². The minimum absolute atomic E-state index is 0. The molecule has 0 amide bonds. The number of hydrogen-bond acceptors (Lipinski definition) is 2. The number of aromatic nitrogens is 2. The molecule has 2 rings (SSSR count). The summed E-state index contributed by atoms with van der Waals surface area (Å²) in [5.74, 6) is 0.980. The van der Waals surface area contributed by atoms with Crippen LogP contribution in [0, 0.1) is 0 Å². The quantitative estimate of drug-likeness (QED) is 0.924. The van der Waals surface area contributed by atoms with Gasteiger partial charge in [-0.2, -0.15) is 0 Å². The normalized spacial score (nSPS) is 9.62. The molecule has 2 N–H and O–H groups in total. The number of benzene rings is 1. The third-order valence-corrected chi connectivity index (χ3v) is 2.36. The van der Waals surface area contributed by atoms with Gasteiger partial charge in [0.15, 0.2) is 0 Å². The lowest BCUT2D eigenvalue weighted by molar-refractivity contribution is 0.655. The Hall–Kier alpha value is -0.770. The number of aryl methyl sites for hydroxylation is 1. The largest absolute Gasteiger partial charge is 0.327 e. The van der Waals surface area contributed by atoms with Gasteiger partial charge in [-0.25, -0.2) is 4.98 Å². The maximum Gasteiger partial charge on any atom is 0.123 e. The maximum absolute atomic E-state index is 5.66. The van der Waals surface area contributed by atoms with Gasteiger partial charge < -0.3 is 10.3 Å². The average molecular weight is 262 g/mol. The molecular formula is C11H17Cl2N3. The molecule has 1 heterocycles. The standard InChI is InChI=1S/C11H15N3.2ClH/c1-2-7-14-10-6-4-3-5-9(10)13-11(14)8-12;;/h3-6H,2,7-8,12H2,1H3;2*1H. The van der Waals surface area contributed by atoms with Crippen molar-refractivity contribution in [2.45, 2.75) is 26.4 Å². The van der Waals surface area contributed by atoms with Gasteiger partial charge >= 0.3 is 0 Å². The summed E-state index contributed by atoms with van der Waals surface area (Å²) in [5, 5.41) is 0. The van der Waals surface area contributed by atoms with Gasteiger partial charge in [0.25, 0.3) is 0 Å². The SMILES string of the molecule is CCCn1c(CN)nc2ccccc21.Cl.Cl. The monoisotopic (exact) mass is 261 g/mol. The Morgan fingerprint density at radius 3 is 2.56 bits per heavy atom. The van der Waals surface area contributed by atoms with E-state index in [0.29, 0.717) is 6.54 Å². The van der Waals surface area contributed by atoms with E-state index < -0.39 is 0 Å². The predicted octanol–water partition coefficient (Wildman–Crippen LogP) is 2.75. The number of imidazole rings is 1. The highest BCUT2D eigenvalue weighted by Crippen LogP contribution is 2.15. The van der Waals surface area contributed by atoms with Crippen molar-refractivity contribution < 1.29 is 0 Å². The maximum atomic E-state index is 5.66. The molecule has 5 heteroatoms. The fourth-order valence-corrected chi connectivity index (χ4v) is 1.75. The zero-order chi connectivity index (χ0) is 9.97. The molecule has 0 unspecified atom stereocenters. The first kappa shape index (κ1) is 15.2. The van der Waals surface area contributed by atoms with Gasteiger partial charge in [0, 0.05) is 6.54 Å². The summed E-state index contributed by atoms with van der Waals surface area (Å²) in [6.07, 6.45) is 1.10. The number of halogens is 2. The first-order valence-corrected chi connectivity index (χ1v) is 5.01. The van der Waals surface area contributed by atoms with Crippen LogP contribution in [0.4, 0.5) is 0 Å². The molecule has 0 aliphatic rings. The van der Waals surface area contributed by atoms with E-state index in [0.717, 1.165) is 24.3 Å². The van der Waals surface area contributed by atoms with E-state index in [1.807, 2.05) is 18.2 Å². The highest BCUT2D eigenvalue weighted by Gasteiger charge is 2.06. The number of para-hydroxylation sites is 2. The van der Waals surface area contributed by atoms with E-state index >= 15 is 0 Å². The van der Waals surface area contributed by atoms with Crippen LogP contribution in [0.2, 0.25) is 0 Å². The predicted molar refractivity (Wildman–Crippen MR) is 72.4 cm³/mol. The molecule has 0 spiro atoms. The fraction of sp³-hybridized carbons (Fsp3) is 0.364. The molecule has 0 aliphatic carbocycles. The summed E-state index contributed by atoms with van der Waals surface area (Å²) in [6, 6.07) is 8.17. The van der Waals surface area contributed by atoms with Crippen LogP contribution in [0.25, 0.3) is 11.0 Å². The lowest BCUT2D eigenvalue weighted by Crippen LogP contribution is -2.08. The highest BCUT2D eigenvalue weighted by molar-refractivity contribution is 5.85. The molecular weight excluding hydrogens is 245 g/mol. The van der Waals surface area contributed by atoms with Crippen LogP contribution in [0.15, 0.2) is 24.3 Å². The number of fused-ring (bicyclic) bond motifs is 1. The fourth-order valence-electron chi connectivity index (χ4n) is 1.75. The van der Waals surface area contributed by atoms with E-state index in [1.54, 1.807) is 0 Å². The van der Waals surface area contributed by atoms with Gasteiger partial charge in [0.05, 0.1) is 17.6 Å². The summed E-state index contributed by atoms with van der Waals surface area (Å²) in [5.41, 5.74) is 7.89. The first-order valence-electron chi connectivity index (χ1n) is 5.01. The molecule has 0 atom stereocenters. The Labute approximate surface area is 108 Å². The van der Waals surface area contributed by atoms with Crippen molar-refractivity contribution in [3.05, 3.63) is 30.1 Å². The second kappa shape index (κ2) is 6.74. The third-order valence-electron chi connectivity index (χ3n) is 2.36.